The van der Waals surface area contributed by atoms with Gasteiger partial charge in [-0.1, -0.05) is 12.1 Å². The number of hydrogen-bond acceptors (Lipinski definition) is 3. The topological polar surface area (TPSA) is 24.5 Å². The van der Waals surface area contributed by atoms with Gasteiger partial charge in [-0.25, -0.2) is 0 Å². The summed E-state index contributed by atoms with van der Waals surface area (Å²) in [6.45, 7) is 3.09. The lowest BCUT2D eigenvalue weighted by molar-refractivity contribution is 0.0388. The lowest BCUT2D eigenvalue weighted by Gasteiger charge is -2.36. The number of ether oxygens (including phenoxy) is 1. The molecule has 1 N–H and O–H groups in total. The maximum atomic E-state index is 5.88. The average Bonchev–Trinajstić information content (AvgIpc) is 2.25. The number of nitrogens with zero attached hydrogens (tertiary/aromatic N) is 1. The smallest absolute Gasteiger partial charge is 0.124 e. The van der Waals surface area contributed by atoms with Crippen LogP contribution in [-0.2, 0) is 6.42 Å². The maximum absolute atomic E-state index is 5.88. The highest BCUT2D eigenvalue weighted by Gasteiger charge is 2.24. The second-order valence-corrected chi connectivity index (χ2v) is 4.46. The van der Waals surface area contributed by atoms with Crippen molar-refractivity contribution in [2.45, 2.75) is 12.5 Å². The van der Waals surface area contributed by atoms with E-state index in [2.05, 4.69) is 35.5 Å². The first-order valence-electron chi connectivity index (χ1n) is 5.86. The molecule has 1 aromatic rings. The predicted molar refractivity (Wildman–Crippen MR) is 66.0 cm³/mol. The summed E-state index contributed by atoms with van der Waals surface area (Å²) < 4.78 is 5.88. The Hall–Kier alpha value is -1.06. The molecule has 3 heteroatoms. The number of likely N-dealkylation sites (tertiary alicyclic amines) is 1. The molecule has 1 aliphatic rings. The van der Waals surface area contributed by atoms with Gasteiger partial charge in [-0.2, -0.15) is 0 Å². The molecule has 0 atom stereocenters. The average molecular weight is 220 g/mol. The molecule has 0 spiro atoms. The van der Waals surface area contributed by atoms with Crippen LogP contribution in [0.5, 0.6) is 5.75 Å². The fourth-order valence-electron chi connectivity index (χ4n) is 1.95. The summed E-state index contributed by atoms with van der Waals surface area (Å²) in [7, 11) is 4.09. The molecule has 0 bridgehead atoms. The van der Waals surface area contributed by atoms with Crippen molar-refractivity contribution in [3.63, 3.8) is 0 Å². The minimum atomic E-state index is 0.379. The zero-order valence-corrected chi connectivity index (χ0v) is 10.1. The lowest BCUT2D eigenvalue weighted by Crippen LogP contribution is -2.51. The summed E-state index contributed by atoms with van der Waals surface area (Å²) in [6, 6.07) is 8.41. The third kappa shape index (κ3) is 2.97. The number of nitrogens with one attached hydrogen (secondary N) is 1. The molecule has 1 fully saturated rings. The Bertz CT molecular complexity index is 334. The second-order valence-electron chi connectivity index (χ2n) is 4.46. The highest BCUT2D eigenvalue weighted by Crippen LogP contribution is 2.18. The van der Waals surface area contributed by atoms with Gasteiger partial charge in [0.15, 0.2) is 0 Å². The van der Waals surface area contributed by atoms with Crippen LogP contribution in [-0.4, -0.2) is 44.7 Å². The van der Waals surface area contributed by atoms with Gasteiger partial charge in [0.2, 0.25) is 0 Å². The molecular formula is C13H20N2O. The van der Waals surface area contributed by atoms with Crippen LogP contribution < -0.4 is 10.1 Å². The standard InChI is InChI=1S/C13H20N2O/c1-14-7-6-11-4-3-5-12(8-11)16-13-9-15(2)10-13/h3-5,8,13-14H,6-7,9-10H2,1-2H3. The summed E-state index contributed by atoms with van der Waals surface area (Å²) in [6.07, 6.45) is 1.43. The third-order valence-corrected chi connectivity index (χ3v) is 2.90. The van der Waals surface area contributed by atoms with Crippen molar-refractivity contribution in [1.82, 2.24) is 10.2 Å². The molecule has 1 aromatic carbocycles. The van der Waals surface area contributed by atoms with E-state index in [0.717, 1.165) is 31.8 Å². The van der Waals surface area contributed by atoms with Crippen molar-refractivity contribution >= 4 is 0 Å². The quantitative estimate of drug-likeness (QED) is 0.805. The molecule has 3 nitrogen and oxygen atoms in total. The zero-order valence-electron chi connectivity index (χ0n) is 10.1. The Morgan fingerprint density at radius 1 is 1.44 bits per heavy atom. The Balaban J connectivity index is 1.88. The number of likely N-dealkylation sites (N-methyl/N-ethyl adjacent to an activating group) is 2. The van der Waals surface area contributed by atoms with Crippen molar-refractivity contribution in [2.24, 2.45) is 0 Å². The van der Waals surface area contributed by atoms with Crippen molar-refractivity contribution in [2.75, 3.05) is 33.7 Å². The van der Waals surface area contributed by atoms with Gasteiger partial charge in [-0.15, -0.1) is 0 Å². The van der Waals surface area contributed by atoms with Crippen molar-refractivity contribution < 1.29 is 4.74 Å². The first-order valence-corrected chi connectivity index (χ1v) is 5.86. The summed E-state index contributed by atoms with van der Waals surface area (Å²) in [5.74, 6) is 1.01. The molecule has 0 amide bonds. The fraction of sp³-hybridized carbons (Fsp3) is 0.538. The van der Waals surface area contributed by atoms with Crippen LogP contribution in [0.2, 0.25) is 0 Å². The number of benzene rings is 1. The maximum Gasteiger partial charge on any atom is 0.124 e. The molecule has 0 aliphatic carbocycles. The molecule has 88 valence electrons. The number of hydrogen-bond donors (Lipinski definition) is 1. The van der Waals surface area contributed by atoms with Gasteiger partial charge in [-0.3, -0.25) is 4.90 Å². The summed E-state index contributed by atoms with van der Waals surface area (Å²) in [5, 5.41) is 3.16. The van der Waals surface area contributed by atoms with Crippen LogP contribution in [0.15, 0.2) is 24.3 Å². The van der Waals surface area contributed by atoms with Crippen LogP contribution in [0, 0.1) is 0 Å². The lowest BCUT2D eigenvalue weighted by atomic mass is 10.1. The van der Waals surface area contributed by atoms with E-state index in [1.54, 1.807) is 0 Å². The number of rotatable bonds is 5. The Morgan fingerprint density at radius 3 is 2.94 bits per heavy atom. The van der Waals surface area contributed by atoms with Crippen LogP contribution in [0.25, 0.3) is 0 Å². The van der Waals surface area contributed by atoms with E-state index in [1.807, 2.05) is 13.1 Å². The molecule has 0 aromatic heterocycles. The van der Waals surface area contributed by atoms with Gasteiger partial charge in [-0.05, 0) is 44.8 Å². The predicted octanol–water partition coefficient (Wildman–Crippen LogP) is 1.14. The zero-order chi connectivity index (χ0) is 11.4. The van der Waals surface area contributed by atoms with E-state index in [-0.39, 0.29) is 0 Å². The second kappa shape index (κ2) is 5.32. The third-order valence-electron chi connectivity index (χ3n) is 2.90. The van der Waals surface area contributed by atoms with Gasteiger partial charge in [0.25, 0.3) is 0 Å². The monoisotopic (exact) mass is 220 g/mol. The first kappa shape index (κ1) is 11.4. The summed E-state index contributed by atoms with van der Waals surface area (Å²) in [4.78, 5) is 2.26. The van der Waals surface area contributed by atoms with Crippen LogP contribution in [0.1, 0.15) is 5.56 Å². The largest absolute Gasteiger partial charge is 0.488 e. The van der Waals surface area contributed by atoms with Crippen LogP contribution in [0.3, 0.4) is 0 Å². The van der Waals surface area contributed by atoms with Crippen molar-refractivity contribution in [1.29, 1.82) is 0 Å². The van der Waals surface area contributed by atoms with E-state index >= 15 is 0 Å². The van der Waals surface area contributed by atoms with Crippen LogP contribution in [0.4, 0.5) is 0 Å². The highest BCUT2D eigenvalue weighted by molar-refractivity contribution is 5.29. The Morgan fingerprint density at radius 2 is 2.25 bits per heavy atom. The van der Waals surface area contributed by atoms with E-state index in [9.17, 15) is 0 Å². The Kier molecular flexibility index (Phi) is 3.80. The first-order chi connectivity index (χ1) is 7.78. The minimum Gasteiger partial charge on any atom is -0.488 e. The van der Waals surface area contributed by atoms with Gasteiger partial charge < -0.3 is 10.1 Å². The van der Waals surface area contributed by atoms with Gasteiger partial charge >= 0.3 is 0 Å². The molecule has 0 saturated carbocycles. The molecule has 0 unspecified atom stereocenters. The molecule has 1 aliphatic heterocycles. The molecule has 16 heavy (non-hydrogen) atoms. The SMILES string of the molecule is CNCCc1cccc(OC2CN(C)C2)c1. The van der Waals surface area contributed by atoms with E-state index in [0.29, 0.717) is 6.10 Å². The van der Waals surface area contributed by atoms with E-state index in [4.69, 9.17) is 4.74 Å². The summed E-state index contributed by atoms with van der Waals surface area (Å²) in [5.41, 5.74) is 1.33. The normalized spacial score (nSPS) is 17.1. The van der Waals surface area contributed by atoms with Crippen LogP contribution >= 0.6 is 0 Å². The highest BCUT2D eigenvalue weighted by atomic mass is 16.5. The van der Waals surface area contributed by atoms with E-state index in [1.165, 1.54) is 5.56 Å². The fourth-order valence-corrected chi connectivity index (χ4v) is 1.95. The van der Waals surface area contributed by atoms with Crippen molar-refractivity contribution in [3.05, 3.63) is 29.8 Å². The molecule has 2 rings (SSSR count). The minimum absolute atomic E-state index is 0.379. The molecule has 1 saturated heterocycles. The van der Waals surface area contributed by atoms with Gasteiger partial charge in [0, 0.05) is 13.1 Å². The molecule has 0 radical (unpaired) electrons. The van der Waals surface area contributed by atoms with Crippen molar-refractivity contribution in [3.8, 4) is 5.75 Å². The Labute approximate surface area is 97.4 Å². The van der Waals surface area contributed by atoms with Gasteiger partial charge in [0.05, 0.1) is 0 Å². The van der Waals surface area contributed by atoms with E-state index < -0.39 is 0 Å². The summed E-state index contributed by atoms with van der Waals surface area (Å²) >= 11 is 0. The molecular weight excluding hydrogens is 200 g/mol. The van der Waals surface area contributed by atoms with Gasteiger partial charge in [0.1, 0.15) is 11.9 Å². The molecule has 1 heterocycles.